The molecule has 0 bridgehead atoms. The zero-order chi connectivity index (χ0) is 24.3. The quantitative estimate of drug-likeness (QED) is 0.598. The number of benzene rings is 2. The first-order valence-electron chi connectivity index (χ1n) is 11.0. The molecule has 1 aliphatic heterocycles. The van der Waals surface area contributed by atoms with Crippen LogP contribution in [-0.4, -0.2) is 67.5 Å². The summed E-state index contributed by atoms with van der Waals surface area (Å²) in [6.07, 6.45) is 1.18. The summed E-state index contributed by atoms with van der Waals surface area (Å²) in [5.41, 5.74) is 1.16. The highest BCUT2D eigenvalue weighted by Gasteiger charge is 2.31. The molecular formula is C24H26N4O5S. The first-order chi connectivity index (χ1) is 16.3. The number of piperazine rings is 1. The molecule has 10 heteroatoms. The van der Waals surface area contributed by atoms with E-state index in [0.717, 1.165) is 5.39 Å². The number of anilines is 1. The maximum atomic E-state index is 13.0. The van der Waals surface area contributed by atoms with Crippen molar-refractivity contribution in [3.8, 4) is 0 Å². The molecule has 1 saturated heterocycles. The lowest BCUT2D eigenvalue weighted by atomic mass is 10.1. The SMILES string of the molecule is CCOC(=O)N1CCN(C(=O)c2ccc(NS(=O)(=O)c3cccc4cccnc34)cc2)[C@H](C)C1. The zero-order valence-corrected chi connectivity index (χ0v) is 19.8. The third-order valence-corrected chi connectivity index (χ3v) is 7.10. The maximum Gasteiger partial charge on any atom is 0.409 e. The molecule has 1 fully saturated rings. The highest BCUT2D eigenvalue weighted by molar-refractivity contribution is 7.93. The van der Waals surface area contributed by atoms with Crippen molar-refractivity contribution in [3.63, 3.8) is 0 Å². The fourth-order valence-electron chi connectivity index (χ4n) is 3.99. The molecule has 178 valence electrons. The van der Waals surface area contributed by atoms with Crippen molar-refractivity contribution in [3.05, 3.63) is 66.4 Å². The summed E-state index contributed by atoms with van der Waals surface area (Å²) < 4.78 is 33.6. The predicted molar refractivity (Wildman–Crippen MR) is 128 cm³/mol. The number of pyridine rings is 1. The van der Waals surface area contributed by atoms with Crippen molar-refractivity contribution < 1.29 is 22.7 Å². The Bertz CT molecular complexity index is 1310. The monoisotopic (exact) mass is 482 g/mol. The smallest absolute Gasteiger partial charge is 0.409 e. The van der Waals surface area contributed by atoms with Crippen LogP contribution in [0.25, 0.3) is 10.9 Å². The fraction of sp³-hybridized carbons (Fsp3) is 0.292. The predicted octanol–water partition coefficient (Wildman–Crippen LogP) is 3.34. The number of ether oxygens (including phenoxy) is 1. The first kappa shape index (κ1) is 23.5. The van der Waals surface area contributed by atoms with Crippen molar-refractivity contribution in [2.45, 2.75) is 24.8 Å². The van der Waals surface area contributed by atoms with Crippen LogP contribution in [0.2, 0.25) is 0 Å². The van der Waals surface area contributed by atoms with Gasteiger partial charge in [0, 0.05) is 48.5 Å². The van der Waals surface area contributed by atoms with E-state index >= 15 is 0 Å². The number of nitrogens with one attached hydrogen (secondary N) is 1. The minimum atomic E-state index is -3.88. The Morgan fingerprint density at radius 1 is 1.09 bits per heavy atom. The van der Waals surface area contributed by atoms with Crippen LogP contribution in [0.5, 0.6) is 0 Å². The molecule has 0 radical (unpaired) electrons. The number of rotatable bonds is 5. The molecule has 9 nitrogen and oxygen atoms in total. The molecule has 2 heterocycles. The molecule has 1 aromatic heterocycles. The Balaban J connectivity index is 1.46. The third-order valence-electron chi connectivity index (χ3n) is 5.68. The molecule has 0 saturated carbocycles. The van der Waals surface area contributed by atoms with Gasteiger partial charge in [-0.1, -0.05) is 18.2 Å². The Labute approximate surface area is 198 Å². The van der Waals surface area contributed by atoms with E-state index in [2.05, 4.69) is 9.71 Å². The number of carbonyl (C=O) groups excluding carboxylic acids is 2. The largest absolute Gasteiger partial charge is 0.450 e. The molecular weight excluding hydrogens is 456 g/mol. The molecule has 2 amide bonds. The molecule has 0 spiro atoms. The van der Waals surface area contributed by atoms with Crippen LogP contribution in [0.15, 0.2) is 65.7 Å². The summed E-state index contributed by atoms with van der Waals surface area (Å²) in [7, 11) is -3.88. The molecule has 4 rings (SSSR count). The number of sulfonamides is 1. The van der Waals surface area contributed by atoms with Gasteiger partial charge in [-0.3, -0.25) is 14.5 Å². The number of aromatic nitrogens is 1. The normalized spacial score (nSPS) is 16.4. The zero-order valence-electron chi connectivity index (χ0n) is 19.0. The fourth-order valence-corrected chi connectivity index (χ4v) is 5.23. The second-order valence-corrected chi connectivity index (χ2v) is 9.66. The summed E-state index contributed by atoms with van der Waals surface area (Å²) >= 11 is 0. The number of amides is 2. The number of para-hydroxylation sites is 1. The molecule has 0 aliphatic carbocycles. The Kier molecular flexibility index (Phi) is 6.69. The number of hydrogen-bond acceptors (Lipinski definition) is 6. The number of hydrogen-bond donors (Lipinski definition) is 1. The van der Waals surface area contributed by atoms with Gasteiger partial charge in [0.25, 0.3) is 15.9 Å². The van der Waals surface area contributed by atoms with Gasteiger partial charge in [-0.15, -0.1) is 0 Å². The van der Waals surface area contributed by atoms with Crippen molar-refractivity contribution in [1.82, 2.24) is 14.8 Å². The standard InChI is InChI=1S/C24H26N4O5S/c1-3-33-24(30)27-14-15-28(17(2)16-27)23(29)19-9-11-20(12-10-19)26-34(31,32)21-8-4-6-18-7-5-13-25-22(18)21/h4-13,17,26H,3,14-16H2,1-2H3/t17-/m1/s1. The van der Waals surface area contributed by atoms with Crippen LogP contribution < -0.4 is 4.72 Å². The van der Waals surface area contributed by atoms with Crippen LogP contribution in [-0.2, 0) is 14.8 Å². The van der Waals surface area contributed by atoms with Crippen LogP contribution in [0.1, 0.15) is 24.2 Å². The maximum absolute atomic E-state index is 13.0. The first-order valence-corrected chi connectivity index (χ1v) is 12.5. The summed E-state index contributed by atoms with van der Waals surface area (Å²) in [4.78, 5) is 32.6. The van der Waals surface area contributed by atoms with E-state index in [1.54, 1.807) is 71.5 Å². The van der Waals surface area contributed by atoms with E-state index in [1.165, 1.54) is 6.07 Å². The van der Waals surface area contributed by atoms with E-state index in [4.69, 9.17) is 4.74 Å². The van der Waals surface area contributed by atoms with Gasteiger partial charge in [0.2, 0.25) is 0 Å². The molecule has 1 aliphatic rings. The Morgan fingerprint density at radius 3 is 2.53 bits per heavy atom. The number of nitrogens with zero attached hydrogens (tertiary/aromatic N) is 3. The Morgan fingerprint density at radius 2 is 1.82 bits per heavy atom. The Hall–Kier alpha value is -3.66. The summed E-state index contributed by atoms with van der Waals surface area (Å²) in [6.45, 7) is 5.11. The van der Waals surface area contributed by atoms with Crippen LogP contribution in [0, 0.1) is 0 Å². The molecule has 0 unspecified atom stereocenters. The second kappa shape index (κ2) is 9.68. The van der Waals surface area contributed by atoms with Crippen molar-refractivity contribution >= 4 is 38.6 Å². The molecule has 34 heavy (non-hydrogen) atoms. The lowest BCUT2D eigenvalue weighted by Gasteiger charge is -2.39. The van der Waals surface area contributed by atoms with Gasteiger partial charge in [0.1, 0.15) is 4.90 Å². The summed E-state index contributed by atoms with van der Waals surface area (Å²) in [5, 5.41) is 0.725. The molecule has 1 atom stereocenters. The summed E-state index contributed by atoms with van der Waals surface area (Å²) in [6, 6.07) is 14.6. The van der Waals surface area contributed by atoms with Crippen LogP contribution in [0.4, 0.5) is 10.5 Å². The molecule has 1 N–H and O–H groups in total. The number of fused-ring (bicyclic) bond motifs is 1. The lowest BCUT2D eigenvalue weighted by molar-refractivity contribution is 0.0423. The third kappa shape index (κ3) is 4.81. The topological polar surface area (TPSA) is 109 Å². The average molecular weight is 483 g/mol. The number of carbonyl (C=O) groups is 2. The summed E-state index contributed by atoms with van der Waals surface area (Å²) in [5.74, 6) is -0.177. The van der Waals surface area contributed by atoms with Gasteiger partial charge >= 0.3 is 6.09 Å². The minimum Gasteiger partial charge on any atom is -0.450 e. The van der Waals surface area contributed by atoms with Crippen molar-refractivity contribution in [2.75, 3.05) is 31.0 Å². The highest BCUT2D eigenvalue weighted by Crippen LogP contribution is 2.24. The minimum absolute atomic E-state index is 0.0825. The highest BCUT2D eigenvalue weighted by atomic mass is 32.2. The second-order valence-electron chi connectivity index (χ2n) is 8.01. The van der Waals surface area contributed by atoms with Gasteiger partial charge in [0.15, 0.2) is 0 Å². The van der Waals surface area contributed by atoms with E-state index in [-0.39, 0.29) is 22.9 Å². The van der Waals surface area contributed by atoms with E-state index in [0.29, 0.717) is 43.0 Å². The molecule has 2 aromatic carbocycles. The van der Waals surface area contributed by atoms with Gasteiger partial charge in [-0.25, -0.2) is 13.2 Å². The van der Waals surface area contributed by atoms with Gasteiger partial charge < -0.3 is 14.5 Å². The van der Waals surface area contributed by atoms with Crippen molar-refractivity contribution in [2.24, 2.45) is 0 Å². The van der Waals surface area contributed by atoms with Crippen molar-refractivity contribution in [1.29, 1.82) is 0 Å². The average Bonchev–Trinajstić information content (AvgIpc) is 2.83. The van der Waals surface area contributed by atoms with Crippen LogP contribution in [0.3, 0.4) is 0 Å². The van der Waals surface area contributed by atoms with E-state index < -0.39 is 10.0 Å². The van der Waals surface area contributed by atoms with Gasteiger partial charge in [-0.2, -0.15) is 0 Å². The van der Waals surface area contributed by atoms with Gasteiger partial charge in [0.05, 0.1) is 12.1 Å². The van der Waals surface area contributed by atoms with Gasteiger partial charge in [-0.05, 0) is 50.2 Å². The molecule has 3 aromatic rings. The van der Waals surface area contributed by atoms with E-state index in [9.17, 15) is 18.0 Å². The lowest BCUT2D eigenvalue weighted by Crippen LogP contribution is -2.55. The van der Waals surface area contributed by atoms with Crippen LogP contribution >= 0.6 is 0 Å². The van der Waals surface area contributed by atoms with E-state index in [1.807, 2.05) is 6.92 Å².